The van der Waals surface area contributed by atoms with E-state index in [0.717, 1.165) is 37.3 Å². The van der Waals surface area contributed by atoms with Crippen LogP contribution in [-0.2, 0) is 0 Å². The first-order valence-corrected chi connectivity index (χ1v) is 9.41. The SMILES string of the molecule is O=C1c2c(c3c4cccnc4[nH]c3c3ccc4ccccc4c23)C(=O)N1CCO. The number of β-amino-alcohol motifs (C(OH)–C–C–N with tert-alkyl or cyclic N) is 1. The highest BCUT2D eigenvalue weighted by atomic mass is 16.3. The maximum absolute atomic E-state index is 13.3. The van der Waals surface area contributed by atoms with Gasteiger partial charge in [0.05, 0.1) is 29.8 Å². The van der Waals surface area contributed by atoms with Crippen molar-refractivity contribution in [1.82, 2.24) is 14.9 Å². The van der Waals surface area contributed by atoms with Crippen LogP contribution in [0.1, 0.15) is 20.7 Å². The molecule has 5 aromatic rings. The molecule has 2 amide bonds. The van der Waals surface area contributed by atoms with Crippen molar-refractivity contribution in [2.24, 2.45) is 0 Å². The van der Waals surface area contributed by atoms with E-state index in [9.17, 15) is 14.7 Å². The van der Waals surface area contributed by atoms with E-state index in [4.69, 9.17) is 0 Å². The lowest BCUT2D eigenvalue weighted by atomic mass is 9.91. The Bertz CT molecular complexity index is 1520. The summed E-state index contributed by atoms with van der Waals surface area (Å²) in [5.74, 6) is -0.732. The fourth-order valence-electron chi connectivity index (χ4n) is 4.58. The molecule has 0 aliphatic carbocycles. The predicted molar refractivity (Wildman–Crippen MR) is 111 cm³/mol. The number of H-pyrrole nitrogens is 1. The van der Waals surface area contributed by atoms with Crippen LogP contribution in [0.4, 0.5) is 0 Å². The third-order valence-electron chi connectivity index (χ3n) is 5.76. The number of nitrogens with zero attached hydrogens (tertiary/aromatic N) is 2. The summed E-state index contributed by atoms with van der Waals surface area (Å²) in [7, 11) is 0. The van der Waals surface area contributed by atoms with Crippen molar-refractivity contribution in [2.75, 3.05) is 13.2 Å². The van der Waals surface area contributed by atoms with Gasteiger partial charge in [-0.25, -0.2) is 4.98 Å². The van der Waals surface area contributed by atoms with Crippen LogP contribution in [0.25, 0.3) is 43.5 Å². The highest BCUT2D eigenvalue weighted by Gasteiger charge is 2.40. The Labute approximate surface area is 164 Å². The van der Waals surface area contributed by atoms with E-state index < -0.39 is 0 Å². The Hall–Kier alpha value is -3.77. The maximum atomic E-state index is 13.3. The third kappa shape index (κ3) is 1.96. The molecule has 0 saturated carbocycles. The molecule has 2 aromatic heterocycles. The van der Waals surface area contributed by atoms with Gasteiger partial charge in [-0.3, -0.25) is 14.5 Å². The molecular weight excluding hydrogens is 366 g/mol. The monoisotopic (exact) mass is 381 g/mol. The fraction of sp³-hybridized carbons (Fsp3) is 0.0870. The van der Waals surface area contributed by atoms with Crippen LogP contribution >= 0.6 is 0 Å². The van der Waals surface area contributed by atoms with Gasteiger partial charge in [-0.1, -0.05) is 36.4 Å². The zero-order valence-corrected chi connectivity index (χ0v) is 15.3. The van der Waals surface area contributed by atoms with Gasteiger partial charge in [-0.2, -0.15) is 0 Å². The minimum absolute atomic E-state index is 0.0271. The number of carbonyl (C=O) groups excluding carboxylic acids is 2. The van der Waals surface area contributed by atoms with Gasteiger partial charge in [0.2, 0.25) is 0 Å². The Kier molecular flexibility index (Phi) is 3.14. The minimum atomic E-state index is -0.372. The van der Waals surface area contributed by atoms with Gasteiger partial charge >= 0.3 is 0 Å². The number of rotatable bonds is 2. The molecular formula is C23H15N3O3. The van der Waals surface area contributed by atoms with Crippen molar-refractivity contribution in [1.29, 1.82) is 0 Å². The largest absolute Gasteiger partial charge is 0.395 e. The molecule has 0 atom stereocenters. The molecule has 1 aliphatic heterocycles. The van der Waals surface area contributed by atoms with E-state index in [2.05, 4.69) is 9.97 Å². The fourth-order valence-corrected chi connectivity index (χ4v) is 4.58. The Morgan fingerprint density at radius 3 is 2.45 bits per heavy atom. The van der Waals surface area contributed by atoms with Gasteiger partial charge in [-0.15, -0.1) is 0 Å². The molecule has 0 bridgehead atoms. The van der Waals surface area contributed by atoms with Crippen molar-refractivity contribution < 1.29 is 14.7 Å². The number of hydrogen-bond acceptors (Lipinski definition) is 4. The van der Waals surface area contributed by atoms with Crippen LogP contribution in [0.5, 0.6) is 0 Å². The van der Waals surface area contributed by atoms with Crippen LogP contribution in [-0.4, -0.2) is 44.9 Å². The van der Waals surface area contributed by atoms with Crippen molar-refractivity contribution in [2.45, 2.75) is 0 Å². The Morgan fingerprint density at radius 1 is 0.862 bits per heavy atom. The molecule has 0 radical (unpaired) electrons. The van der Waals surface area contributed by atoms with E-state index >= 15 is 0 Å². The number of benzene rings is 3. The second-order valence-electron chi connectivity index (χ2n) is 7.22. The topological polar surface area (TPSA) is 86.3 Å². The quantitative estimate of drug-likeness (QED) is 0.361. The van der Waals surface area contributed by atoms with Gasteiger partial charge in [0, 0.05) is 27.7 Å². The van der Waals surface area contributed by atoms with Gasteiger partial charge in [-0.05, 0) is 22.9 Å². The van der Waals surface area contributed by atoms with Crippen LogP contribution in [0.3, 0.4) is 0 Å². The summed E-state index contributed by atoms with van der Waals surface area (Å²) in [6.07, 6.45) is 1.70. The van der Waals surface area contributed by atoms with Gasteiger partial charge < -0.3 is 10.1 Å². The number of nitrogens with one attached hydrogen (secondary N) is 1. The molecule has 29 heavy (non-hydrogen) atoms. The summed E-state index contributed by atoms with van der Waals surface area (Å²) in [5.41, 5.74) is 2.27. The lowest BCUT2D eigenvalue weighted by Gasteiger charge is -2.11. The van der Waals surface area contributed by atoms with Crippen LogP contribution in [0.2, 0.25) is 0 Å². The number of pyridine rings is 1. The number of fused-ring (bicyclic) bond motifs is 10. The number of carbonyl (C=O) groups is 2. The zero-order valence-electron chi connectivity index (χ0n) is 15.3. The number of amides is 2. The summed E-state index contributed by atoms with van der Waals surface area (Å²) in [6.45, 7) is -0.302. The average Bonchev–Trinajstić information content (AvgIpc) is 3.25. The molecule has 2 N–H and O–H groups in total. The van der Waals surface area contributed by atoms with Crippen LogP contribution < -0.4 is 0 Å². The van der Waals surface area contributed by atoms with Crippen molar-refractivity contribution in [3.8, 4) is 0 Å². The third-order valence-corrected chi connectivity index (χ3v) is 5.76. The lowest BCUT2D eigenvalue weighted by Crippen LogP contribution is -2.32. The summed E-state index contributed by atoms with van der Waals surface area (Å²) in [5, 5.41) is 14.5. The second kappa shape index (κ2) is 5.62. The lowest BCUT2D eigenvalue weighted by molar-refractivity contribution is 0.0625. The summed E-state index contributed by atoms with van der Waals surface area (Å²) in [6, 6.07) is 15.6. The van der Waals surface area contributed by atoms with Crippen molar-refractivity contribution in [3.05, 3.63) is 65.9 Å². The molecule has 0 unspecified atom stereocenters. The summed E-state index contributed by atoms with van der Waals surface area (Å²) < 4.78 is 0. The molecule has 0 saturated heterocycles. The zero-order chi connectivity index (χ0) is 19.7. The molecule has 6 heteroatoms. The highest BCUT2D eigenvalue weighted by Crippen LogP contribution is 2.43. The van der Waals surface area contributed by atoms with Crippen LogP contribution in [0, 0.1) is 0 Å². The number of hydrogen-bond donors (Lipinski definition) is 2. The molecule has 140 valence electrons. The van der Waals surface area contributed by atoms with Gasteiger partial charge in [0.1, 0.15) is 5.65 Å². The number of aromatic nitrogens is 2. The molecule has 6 nitrogen and oxygen atoms in total. The Balaban J connectivity index is 1.92. The number of aliphatic hydroxyl groups is 1. The maximum Gasteiger partial charge on any atom is 0.262 e. The van der Waals surface area contributed by atoms with Gasteiger partial charge in [0.25, 0.3) is 11.8 Å². The van der Waals surface area contributed by atoms with Crippen molar-refractivity contribution in [3.63, 3.8) is 0 Å². The van der Waals surface area contributed by atoms with Crippen molar-refractivity contribution >= 4 is 55.3 Å². The number of aliphatic hydroxyl groups excluding tert-OH is 1. The summed E-state index contributed by atoms with van der Waals surface area (Å²) in [4.78, 5) is 35.5. The second-order valence-corrected chi connectivity index (χ2v) is 7.22. The van der Waals surface area contributed by atoms with E-state index in [-0.39, 0.29) is 25.0 Å². The molecule has 0 fully saturated rings. The normalized spacial score (nSPS) is 14.0. The molecule has 3 aromatic carbocycles. The van der Waals surface area contributed by atoms with E-state index in [1.807, 2.05) is 48.5 Å². The molecule has 0 spiro atoms. The molecule has 6 rings (SSSR count). The van der Waals surface area contributed by atoms with Crippen LogP contribution in [0.15, 0.2) is 54.7 Å². The first-order valence-electron chi connectivity index (χ1n) is 9.41. The first-order chi connectivity index (χ1) is 14.2. The van der Waals surface area contributed by atoms with E-state index in [0.29, 0.717) is 22.2 Å². The number of imide groups is 1. The van der Waals surface area contributed by atoms with E-state index in [1.54, 1.807) is 6.20 Å². The number of aromatic amines is 1. The highest BCUT2D eigenvalue weighted by molar-refractivity contribution is 6.39. The average molecular weight is 381 g/mol. The predicted octanol–water partition coefficient (Wildman–Crippen LogP) is 3.61. The molecule has 3 heterocycles. The Morgan fingerprint density at radius 2 is 1.62 bits per heavy atom. The standard InChI is InChI=1S/C23H15N3O3/c27-11-10-26-22(28)18-16-13-5-2-1-4-12(13)7-8-14(16)20-17(19(18)23(26)29)15-6-3-9-24-21(15)25-20/h1-9,27H,10-11H2,(H,24,25). The minimum Gasteiger partial charge on any atom is -0.395 e. The smallest absolute Gasteiger partial charge is 0.262 e. The summed E-state index contributed by atoms with van der Waals surface area (Å²) >= 11 is 0. The molecule has 1 aliphatic rings. The van der Waals surface area contributed by atoms with Gasteiger partial charge in [0.15, 0.2) is 0 Å². The first kappa shape index (κ1) is 16.2. The van der Waals surface area contributed by atoms with E-state index in [1.165, 1.54) is 0 Å².